The first-order valence-electron chi connectivity index (χ1n) is 9.83. The number of hydrogen-bond donors (Lipinski definition) is 2. The van der Waals surface area contributed by atoms with E-state index in [-0.39, 0.29) is 6.03 Å². The quantitative estimate of drug-likeness (QED) is 0.475. The van der Waals surface area contributed by atoms with E-state index < -0.39 is 0 Å². The summed E-state index contributed by atoms with van der Waals surface area (Å²) in [5, 5.41) is 5.69. The maximum Gasteiger partial charge on any atom is 0.319 e. The Bertz CT molecular complexity index is 1190. The molecule has 158 valence electrons. The van der Waals surface area contributed by atoms with Gasteiger partial charge in [-0.25, -0.2) is 14.8 Å². The van der Waals surface area contributed by atoms with Gasteiger partial charge in [0.25, 0.3) is 0 Å². The maximum absolute atomic E-state index is 12.4. The van der Waals surface area contributed by atoms with Crippen LogP contribution in [0.4, 0.5) is 10.5 Å². The monoisotopic (exact) mass is 417 g/mol. The number of amides is 2. The Balaban J connectivity index is 1.46. The van der Waals surface area contributed by atoms with Gasteiger partial charge in [0.1, 0.15) is 11.3 Å². The number of anilines is 1. The molecule has 0 unspecified atom stereocenters. The van der Waals surface area contributed by atoms with Crippen molar-refractivity contribution in [1.29, 1.82) is 0 Å². The van der Waals surface area contributed by atoms with E-state index in [1.54, 1.807) is 38.6 Å². The molecule has 8 heteroatoms. The van der Waals surface area contributed by atoms with Gasteiger partial charge in [0.15, 0.2) is 17.1 Å². The van der Waals surface area contributed by atoms with Crippen LogP contribution in [0, 0.1) is 0 Å². The van der Waals surface area contributed by atoms with Crippen molar-refractivity contribution in [2.24, 2.45) is 0 Å². The van der Waals surface area contributed by atoms with Crippen molar-refractivity contribution in [3.8, 4) is 22.9 Å². The first kappa shape index (κ1) is 20.2. The van der Waals surface area contributed by atoms with Gasteiger partial charge in [0, 0.05) is 36.6 Å². The van der Waals surface area contributed by atoms with Gasteiger partial charge in [-0.1, -0.05) is 30.3 Å². The third-order valence-corrected chi connectivity index (χ3v) is 4.80. The number of nitrogens with zero attached hydrogens (tertiary/aromatic N) is 3. The van der Waals surface area contributed by atoms with E-state index in [2.05, 4.69) is 15.6 Å². The van der Waals surface area contributed by atoms with Gasteiger partial charge < -0.3 is 24.7 Å². The fraction of sp³-hybridized carbons (Fsp3) is 0.174. The second kappa shape index (κ2) is 9.17. The lowest BCUT2D eigenvalue weighted by atomic mass is 10.2. The van der Waals surface area contributed by atoms with Crippen LogP contribution in [0.25, 0.3) is 22.6 Å². The van der Waals surface area contributed by atoms with Gasteiger partial charge >= 0.3 is 6.03 Å². The molecule has 2 aromatic carbocycles. The molecule has 2 N–H and O–H groups in total. The fourth-order valence-electron chi connectivity index (χ4n) is 3.35. The molecule has 0 aliphatic carbocycles. The summed E-state index contributed by atoms with van der Waals surface area (Å²) in [5.41, 5.74) is 3.20. The molecular formula is C23H23N5O3. The molecule has 0 fully saturated rings. The molecule has 8 nitrogen and oxygen atoms in total. The average molecular weight is 417 g/mol. The summed E-state index contributed by atoms with van der Waals surface area (Å²) >= 11 is 0. The molecule has 2 aromatic heterocycles. The van der Waals surface area contributed by atoms with Crippen molar-refractivity contribution in [2.75, 3.05) is 26.1 Å². The minimum atomic E-state index is -0.314. The summed E-state index contributed by atoms with van der Waals surface area (Å²) in [7, 11) is 3.12. The Morgan fingerprint density at radius 3 is 2.58 bits per heavy atom. The van der Waals surface area contributed by atoms with Gasteiger partial charge in [-0.15, -0.1) is 0 Å². The van der Waals surface area contributed by atoms with Crippen molar-refractivity contribution in [2.45, 2.75) is 6.54 Å². The van der Waals surface area contributed by atoms with Crippen molar-refractivity contribution in [3.05, 3.63) is 66.9 Å². The minimum Gasteiger partial charge on any atom is -0.493 e. The molecular weight excluding hydrogens is 394 g/mol. The van der Waals surface area contributed by atoms with E-state index in [4.69, 9.17) is 14.5 Å². The largest absolute Gasteiger partial charge is 0.493 e. The molecule has 4 rings (SSSR count). The van der Waals surface area contributed by atoms with Gasteiger partial charge in [0.2, 0.25) is 0 Å². The molecule has 4 aromatic rings. The molecule has 2 heterocycles. The van der Waals surface area contributed by atoms with Crippen molar-refractivity contribution < 1.29 is 14.3 Å². The predicted octanol–water partition coefficient (Wildman–Crippen LogP) is 3.94. The maximum atomic E-state index is 12.4. The van der Waals surface area contributed by atoms with Gasteiger partial charge in [0.05, 0.1) is 14.2 Å². The Morgan fingerprint density at radius 2 is 1.81 bits per heavy atom. The number of carbonyl (C=O) groups excluding carboxylic acids is 1. The highest BCUT2D eigenvalue weighted by molar-refractivity contribution is 5.89. The first-order valence-corrected chi connectivity index (χ1v) is 9.83. The summed E-state index contributed by atoms with van der Waals surface area (Å²) in [6, 6.07) is 18.6. The zero-order chi connectivity index (χ0) is 21.6. The Kier molecular flexibility index (Phi) is 5.98. The zero-order valence-electron chi connectivity index (χ0n) is 17.3. The fourth-order valence-corrected chi connectivity index (χ4v) is 3.35. The molecule has 31 heavy (non-hydrogen) atoms. The third-order valence-electron chi connectivity index (χ3n) is 4.80. The molecule has 0 spiro atoms. The van der Waals surface area contributed by atoms with Crippen molar-refractivity contribution in [3.63, 3.8) is 0 Å². The first-order chi connectivity index (χ1) is 15.2. The van der Waals surface area contributed by atoms with Crippen LogP contribution >= 0.6 is 0 Å². The smallest absolute Gasteiger partial charge is 0.319 e. The molecule has 0 bridgehead atoms. The molecule has 0 aliphatic rings. The molecule has 0 saturated heterocycles. The average Bonchev–Trinajstić information content (AvgIpc) is 3.18. The topological polar surface area (TPSA) is 90.3 Å². The lowest BCUT2D eigenvalue weighted by molar-refractivity contribution is 0.251. The number of rotatable bonds is 7. The van der Waals surface area contributed by atoms with E-state index in [1.165, 1.54) is 0 Å². The molecule has 2 amide bonds. The highest BCUT2D eigenvalue weighted by Crippen LogP contribution is 2.29. The number of fused-ring (bicyclic) bond motifs is 1. The van der Waals surface area contributed by atoms with E-state index >= 15 is 0 Å². The van der Waals surface area contributed by atoms with Crippen LogP contribution in [0.15, 0.2) is 66.9 Å². The van der Waals surface area contributed by atoms with Crippen molar-refractivity contribution in [1.82, 2.24) is 19.9 Å². The number of urea groups is 1. The Hall–Kier alpha value is -4.07. The minimum absolute atomic E-state index is 0.314. The normalized spacial score (nSPS) is 10.6. The summed E-state index contributed by atoms with van der Waals surface area (Å²) < 4.78 is 12.5. The number of nitrogens with one attached hydrogen (secondary N) is 2. The predicted molar refractivity (Wildman–Crippen MR) is 120 cm³/mol. The van der Waals surface area contributed by atoms with E-state index in [9.17, 15) is 4.79 Å². The van der Waals surface area contributed by atoms with Crippen LogP contribution in [0.2, 0.25) is 0 Å². The number of hydrogen-bond acceptors (Lipinski definition) is 5. The van der Waals surface area contributed by atoms with Crippen LogP contribution in [0.1, 0.15) is 0 Å². The highest BCUT2D eigenvalue weighted by Gasteiger charge is 2.13. The van der Waals surface area contributed by atoms with Crippen LogP contribution in [-0.4, -0.2) is 41.3 Å². The van der Waals surface area contributed by atoms with Crippen LogP contribution in [0.3, 0.4) is 0 Å². The standard InChI is InChI=1S/C23H23N5O3/c1-30-19-11-10-17(15-20(19)31-2)26-23(29)25-13-14-28-21(16-7-4-3-5-8-16)27-18-9-6-12-24-22(18)28/h3-12,15H,13-14H2,1-2H3,(H2,25,26,29). The lowest BCUT2D eigenvalue weighted by Crippen LogP contribution is -2.31. The van der Waals surface area contributed by atoms with Gasteiger partial charge in [-0.3, -0.25) is 0 Å². The van der Waals surface area contributed by atoms with Crippen LogP contribution in [0.5, 0.6) is 11.5 Å². The number of pyridine rings is 1. The Morgan fingerprint density at radius 1 is 1.00 bits per heavy atom. The highest BCUT2D eigenvalue weighted by atomic mass is 16.5. The summed E-state index contributed by atoms with van der Waals surface area (Å²) in [6.45, 7) is 0.929. The second-order valence-corrected chi connectivity index (χ2v) is 6.75. The lowest BCUT2D eigenvalue weighted by Gasteiger charge is -2.12. The number of ether oxygens (including phenoxy) is 2. The number of aromatic nitrogens is 3. The number of carbonyl (C=O) groups is 1. The van der Waals surface area contributed by atoms with Crippen LogP contribution < -0.4 is 20.1 Å². The Labute approximate surface area is 179 Å². The summed E-state index contributed by atoms with van der Waals surface area (Å²) in [5.74, 6) is 1.96. The van der Waals surface area contributed by atoms with Crippen LogP contribution in [-0.2, 0) is 6.54 Å². The molecule has 0 saturated carbocycles. The third kappa shape index (κ3) is 4.42. The van der Waals surface area contributed by atoms with E-state index in [1.807, 2.05) is 47.0 Å². The van der Waals surface area contributed by atoms with Crippen molar-refractivity contribution >= 4 is 22.9 Å². The van der Waals surface area contributed by atoms with Gasteiger partial charge in [-0.2, -0.15) is 0 Å². The van der Waals surface area contributed by atoms with E-state index in [0.29, 0.717) is 30.3 Å². The zero-order valence-corrected chi connectivity index (χ0v) is 17.3. The summed E-state index contributed by atoms with van der Waals surface area (Å²) in [6.07, 6.45) is 1.74. The van der Waals surface area contributed by atoms with Gasteiger partial charge in [-0.05, 0) is 24.3 Å². The number of benzene rings is 2. The molecule has 0 aliphatic heterocycles. The molecule has 0 radical (unpaired) electrons. The molecule has 0 atom stereocenters. The summed E-state index contributed by atoms with van der Waals surface area (Å²) in [4.78, 5) is 21.6. The number of methoxy groups -OCH3 is 2. The van der Waals surface area contributed by atoms with E-state index in [0.717, 1.165) is 22.6 Å². The number of imidazole rings is 1. The second-order valence-electron chi connectivity index (χ2n) is 6.75. The SMILES string of the molecule is COc1ccc(NC(=O)NCCn2c(-c3ccccc3)nc3cccnc32)cc1OC.